The summed E-state index contributed by atoms with van der Waals surface area (Å²) < 4.78 is 20.9. The maximum Gasteiger partial charge on any atom is 0.260 e. The van der Waals surface area contributed by atoms with Gasteiger partial charge >= 0.3 is 0 Å². The van der Waals surface area contributed by atoms with E-state index in [-0.39, 0.29) is 23.8 Å². The van der Waals surface area contributed by atoms with Crippen molar-refractivity contribution >= 4 is 27.3 Å². The molecule has 4 aromatic rings. The van der Waals surface area contributed by atoms with Gasteiger partial charge in [-0.2, -0.15) is 0 Å². The summed E-state index contributed by atoms with van der Waals surface area (Å²) in [7, 11) is 0. The molecule has 1 aromatic carbocycles. The molecule has 148 valence electrons. The standard InChI is InChI=1S/C22H19FN2O3S/c1-13-3-8-17(28-13)11-24-21(26)19-14(2)29-18-9-10-25(22(27)20(18)19)12-15-4-6-16(23)7-5-15/h3-10H,11-12H2,1-2H3,(H,24,26). The van der Waals surface area contributed by atoms with Gasteiger partial charge in [0, 0.05) is 15.8 Å². The zero-order valence-corrected chi connectivity index (χ0v) is 16.8. The van der Waals surface area contributed by atoms with Crippen LogP contribution in [0.2, 0.25) is 0 Å². The Hall–Kier alpha value is -3.19. The fraction of sp³-hybridized carbons (Fsp3) is 0.182. The molecule has 0 fully saturated rings. The second-order valence-corrected chi connectivity index (χ2v) is 8.10. The first kappa shape index (κ1) is 19.1. The van der Waals surface area contributed by atoms with Gasteiger partial charge in [-0.1, -0.05) is 12.1 Å². The third-order valence-corrected chi connectivity index (χ3v) is 5.77. The van der Waals surface area contributed by atoms with Crippen LogP contribution < -0.4 is 10.9 Å². The maximum absolute atomic E-state index is 13.1. The summed E-state index contributed by atoms with van der Waals surface area (Å²) in [5.41, 5.74) is 0.959. The zero-order chi connectivity index (χ0) is 20.5. The fourth-order valence-corrected chi connectivity index (χ4v) is 4.33. The van der Waals surface area contributed by atoms with Gasteiger partial charge in [0.05, 0.1) is 24.0 Å². The molecular formula is C22H19FN2O3S. The van der Waals surface area contributed by atoms with Crippen molar-refractivity contribution < 1.29 is 13.6 Å². The van der Waals surface area contributed by atoms with E-state index in [4.69, 9.17) is 4.42 Å². The molecule has 4 rings (SSSR count). The van der Waals surface area contributed by atoms with E-state index in [0.29, 0.717) is 23.3 Å². The predicted molar refractivity (Wildman–Crippen MR) is 111 cm³/mol. The van der Waals surface area contributed by atoms with Gasteiger partial charge < -0.3 is 14.3 Å². The number of amides is 1. The Kier molecular flexibility index (Phi) is 5.07. The first-order valence-electron chi connectivity index (χ1n) is 9.13. The maximum atomic E-state index is 13.1. The Bertz CT molecular complexity index is 1250. The first-order chi connectivity index (χ1) is 13.9. The molecule has 1 N–H and O–H groups in total. The Balaban J connectivity index is 1.66. The number of hydrogen-bond donors (Lipinski definition) is 1. The number of aryl methyl sites for hydroxylation is 2. The van der Waals surface area contributed by atoms with Crippen molar-refractivity contribution in [3.63, 3.8) is 0 Å². The quantitative estimate of drug-likeness (QED) is 0.531. The molecule has 7 heteroatoms. The molecule has 1 amide bonds. The lowest BCUT2D eigenvalue weighted by atomic mass is 10.1. The minimum Gasteiger partial charge on any atom is -0.465 e. The summed E-state index contributed by atoms with van der Waals surface area (Å²) >= 11 is 1.42. The van der Waals surface area contributed by atoms with Gasteiger partial charge in [0.25, 0.3) is 11.5 Å². The Morgan fingerprint density at radius 1 is 1.14 bits per heavy atom. The fourth-order valence-electron chi connectivity index (χ4n) is 3.29. The summed E-state index contributed by atoms with van der Waals surface area (Å²) in [4.78, 5) is 26.7. The third-order valence-electron chi connectivity index (χ3n) is 4.70. The second kappa shape index (κ2) is 7.67. The molecule has 0 radical (unpaired) electrons. The van der Waals surface area contributed by atoms with Crippen molar-refractivity contribution in [3.8, 4) is 0 Å². The molecule has 0 saturated carbocycles. The minimum absolute atomic E-state index is 0.241. The van der Waals surface area contributed by atoms with Crippen LogP contribution in [0.25, 0.3) is 10.1 Å². The highest BCUT2D eigenvalue weighted by molar-refractivity contribution is 7.19. The number of furan rings is 1. The van der Waals surface area contributed by atoms with Crippen LogP contribution in [-0.4, -0.2) is 10.5 Å². The van der Waals surface area contributed by atoms with E-state index in [9.17, 15) is 14.0 Å². The van der Waals surface area contributed by atoms with E-state index in [1.54, 1.807) is 18.3 Å². The van der Waals surface area contributed by atoms with Crippen molar-refractivity contribution in [1.29, 1.82) is 0 Å². The summed E-state index contributed by atoms with van der Waals surface area (Å²) in [5.74, 6) is 0.798. The summed E-state index contributed by atoms with van der Waals surface area (Å²) in [6, 6.07) is 11.5. The van der Waals surface area contributed by atoms with Gasteiger partial charge in [-0.15, -0.1) is 11.3 Å². The van der Waals surface area contributed by atoms with Gasteiger partial charge in [-0.3, -0.25) is 9.59 Å². The van der Waals surface area contributed by atoms with Crippen LogP contribution in [0.4, 0.5) is 4.39 Å². The summed E-state index contributed by atoms with van der Waals surface area (Å²) in [5, 5.41) is 3.24. The number of nitrogens with one attached hydrogen (secondary N) is 1. The van der Waals surface area contributed by atoms with Crippen LogP contribution in [0.1, 0.15) is 32.3 Å². The molecule has 0 bridgehead atoms. The van der Waals surface area contributed by atoms with E-state index in [1.165, 1.54) is 28.0 Å². The molecule has 29 heavy (non-hydrogen) atoms. The molecule has 5 nitrogen and oxygen atoms in total. The molecular weight excluding hydrogens is 391 g/mol. The van der Waals surface area contributed by atoms with Crippen molar-refractivity contribution in [2.24, 2.45) is 0 Å². The number of pyridine rings is 1. The topological polar surface area (TPSA) is 64.2 Å². The number of rotatable bonds is 5. The van der Waals surface area contributed by atoms with Crippen LogP contribution in [0.15, 0.2) is 57.9 Å². The molecule has 0 atom stereocenters. The van der Waals surface area contributed by atoms with Crippen molar-refractivity contribution in [1.82, 2.24) is 9.88 Å². The number of carbonyl (C=O) groups is 1. The molecule has 0 unspecified atom stereocenters. The lowest BCUT2D eigenvalue weighted by molar-refractivity contribution is 0.0949. The van der Waals surface area contributed by atoms with Gasteiger partial charge in [0.2, 0.25) is 0 Å². The number of benzene rings is 1. The number of carbonyl (C=O) groups excluding carboxylic acids is 1. The highest BCUT2D eigenvalue weighted by Crippen LogP contribution is 2.28. The number of thiophene rings is 1. The lowest BCUT2D eigenvalue weighted by Gasteiger charge is -2.08. The normalized spacial score (nSPS) is 11.1. The number of halogens is 1. The van der Waals surface area contributed by atoms with Crippen LogP contribution in [0, 0.1) is 19.7 Å². The summed E-state index contributed by atoms with van der Waals surface area (Å²) in [6.45, 7) is 4.22. The number of fused-ring (bicyclic) bond motifs is 1. The van der Waals surface area contributed by atoms with Crippen LogP contribution in [0.3, 0.4) is 0 Å². The highest BCUT2D eigenvalue weighted by atomic mass is 32.1. The van der Waals surface area contributed by atoms with Crippen LogP contribution in [0.5, 0.6) is 0 Å². The average molecular weight is 410 g/mol. The van der Waals surface area contributed by atoms with E-state index < -0.39 is 0 Å². The van der Waals surface area contributed by atoms with Gasteiger partial charge in [0.1, 0.15) is 17.3 Å². The SMILES string of the molecule is Cc1ccc(CNC(=O)c2c(C)sc3ccn(Cc4ccc(F)cc4)c(=O)c23)o1. The van der Waals surface area contributed by atoms with E-state index >= 15 is 0 Å². The first-order valence-corrected chi connectivity index (χ1v) is 9.94. The molecule has 3 heterocycles. The number of nitrogens with zero attached hydrogens (tertiary/aromatic N) is 1. The van der Waals surface area contributed by atoms with E-state index in [2.05, 4.69) is 5.32 Å². The Morgan fingerprint density at radius 2 is 1.90 bits per heavy atom. The highest BCUT2D eigenvalue weighted by Gasteiger charge is 2.20. The molecule has 0 saturated heterocycles. The van der Waals surface area contributed by atoms with Crippen molar-refractivity contribution in [2.45, 2.75) is 26.9 Å². The molecule has 0 aliphatic heterocycles. The monoisotopic (exact) mass is 410 g/mol. The minimum atomic E-state index is -0.323. The average Bonchev–Trinajstić information content (AvgIpc) is 3.26. The van der Waals surface area contributed by atoms with E-state index in [0.717, 1.165) is 20.9 Å². The van der Waals surface area contributed by atoms with Gasteiger partial charge in [-0.05, 0) is 49.7 Å². The van der Waals surface area contributed by atoms with E-state index in [1.807, 2.05) is 32.0 Å². The van der Waals surface area contributed by atoms with Crippen LogP contribution in [-0.2, 0) is 13.1 Å². The Morgan fingerprint density at radius 3 is 2.59 bits per heavy atom. The number of hydrogen-bond acceptors (Lipinski definition) is 4. The zero-order valence-electron chi connectivity index (χ0n) is 16.0. The molecule has 3 aromatic heterocycles. The lowest BCUT2D eigenvalue weighted by Crippen LogP contribution is -2.26. The molecule has 0 aliphatic rings. The van der Waals surface area contributed by atoms with Crippen molar-refractivity contribution in [3.05, 3.63) is 92.4 Å². The predicted octanol–water partition coefficient (Wildman–Crippen LogP) is 4.39. The summed E-state index contributed by atoms with van der Waals surface area (Å²) in [6.07, 6.45) is 1.71. The van der Waals surface area contributed by atoms with Gasteiger partial charge in [-0.25, -0.2) is 4.39 Å². The molecule has 0 aliphatic carbocycles. The van der Waals surface area contributed by atoms with Crippen molar-refractivity contribution in [2.75, 3.05) is 0 Å². The van der Waals surface area contributed by atoms with Crippen LogP contribution >= 0.6 is 11.3 Å². The largest absolute Gasteiger partial charge is 0.465 e. The van der Waals surface area contributed by atoms with Gasteiger partial charge in [0.15, 0.2) is 0 Å². The second-order valence-electron chi connectivity index (χ2n) is 6.84. The molecule has 0 spiro atoms. The smallest absolute Gasteiger partial charge is 0.260 e. The third kappa shape index (κ3) is 3.86. The number of aromatic nitrogens is 1. The Labute approximate surface area is 170 Å².